The molecule has 0 bridgehead atoms. The fourth-order valence-corrected chi connectivity index (χ4v) is 2.88. The van der Waals surface area contributed by atoms with Crippen molar-refractivity contribution in [2.45, 2.75) is 32.6 Å². The standard InChI is InChI=1S/C18H30N2O2/c1-18(2,3)15-12-14(17(22-5)16(13-15)21-4)6-9-20-10-7-19-8-11-20/h12-13,19H,6-11H2,1-5H3. The number of nitrogens with one attached hydrogen (secondary N) is 1. The minimum atomic E-state index is 0.101. The van der Waals surface area contributed by atoms with Crippen molar-refractivity contribution in [1.82, 2.24) is 10.2 Å². The SMILES string of the molecule is COc1cc(C(C)(C)C)cc(CCN2CCNCC2)c1OC. The quantitative estimate of drug-likeness (QED) is 0.906. The van der Waals surface area contributed by atoms with Gasteiger partial charge in [-0.1, -0.05) is 26.8 Å². The van der Waals surface area contributed by atoms with Gasteiger partial charge in [-0.05, 0) is 29.0 Å². The van der Waals surface area contributed by atoms with Crippen LogP contribution in [0.15, 0.2) is 12.1 Å². The Labute approximate surface area is 134 Å². The Morgan fingerprint density at radius 2 is 1.77 bits per heavy atom. The first-order valence-corrected chi connectivity index (χ1v) is 8.14. The summed E-state index contributed by atoms with van der Waals surface area (Å²) in [5.41, 5.74) is 2.63. The molecule has 0 amide bonds. The summed E-state index contributed by atoms with van der Waals surface area (Å²) >= 11 is 0. The summed E-state index contributed by atoms with van der Waals surface area (Å²) in [5.74, 6) is 1.72. The number of hydrogen-bond donors (Lipinski definition) is 1. The Kier molecular flexibility index (Phi) is 5.70. The monoisotopic (exact) mass is 306 g/mol. The lowest BCUT2D eigenvalue weighted by Gasteiger charge is -2.28. The Hall–Kier alpha value is -1.26. The van der Waals surface area contributed by atoms with E-state index in [1.165, 1.54) is 11.1 Å². The highest BCUT2D eigenvalue weighted by Gasteiger charge is 2.20. The summed E-state index contributed by atoms with van der Waals surface area (Å²) in [7, 11) is 3.44. The van der Waals surface area contributed by atoms with Crippen molar-refractivity contribution >= 4 is 0 Å². The van der Waals surface area contributed by atoms with Crippen LogP contribution in [-0.2, 0) is 11.8 Å². The fraction of sp³-hybridized carbons (Fsp3) is 0.667. The summed E-state index contributed by atoms with van der Waals surface area (Å²) in [6.45, 7) is 12.2. The molecule has 0 spiro atoms. The third-order valence-electron chi connectivity index (χ3n) is 4.33. The van der Waals surface area contributed by atoms with E-state index in [1.807, 2.05) is 0 Å². The minimum absolute atomic E-state index is 0.101. The van der Waals surface area contributed by atoms with Crippen LogP contribution < -0.4 is 14.8 Å². The summed E-state index contributed by atoms with van der Waals surface area (Å²) in [6, 6.07) is 4.39. The molecule has 1 saturated heterocycles. The first kappa shape index (κ1) is 17.1. The summed E-state index contributed by atoms with van der Waals surface area (Å²) in [4.78, 5) is 2.51. The van der Waals surface area contributed by atoms with Crippen molar-refractivity contribution < 1.29 is 9.47 Å². The van der Waals surface area contributed by atoms with Crippen LogP contribution in [0.2, 0.25) is 0 Å². The molecular formula is C18H30N2O2. The average molecular weight is 306 g/mol. The largest absolute Gasteiger partial charge is 0.493 e. The number of benzene rings is 1. The predicted molar refractivity (Wildman–Crippen MR) is 91.3 cm³/mol. The molecule has 0 unspecified atom stereocenters. The zero-order chi connectivity index (χ0) is 16.2. The van der Waals surface area contributed by atoms with Crippen LogP contribution in [0.1, 0.15) is 31.9 Å². The first-order chi connectivity index (χ1) is 10.5. The molecule has 1 N–H and O–H groups in total. The molecule has 1 fully saturated rings. The zero-order valence-corrected chi connectivity index (χ0v) is 14.7. The number of hydrogen-bond acceptors (Lipinski definition) is 4. The molecule has 1 aliphatic rings. The smallest absolute Gasteiger partial charge is 0.163 e. The van der Waals surface area contributed by atoms with E-state index >= 15 is 0 Å². The van der Waals surface area contributed by atoms with Gasteiger partial charge in [0.15, 0.2) is 11.5 Å². The van der Waals surface area contributed by atoms with Gasteiger partial charge in [-0.3, -0.25) is 0 Å². The van der Waals surface area contributed by atoms with Crippen LogP contribution in [0, 0.1) is 0 Å². The van der Waals surface area contributed by atoms with Gasteiger partial charge in [0, 0.05) is 32.7 Å². The highest BCUT2D eigenvalue weighted by molar-refractivity contribution is 5.51. The Balaban J connectivity index is 2.22. The highest BCUT2D eigenvalue weighted by atomic mass is 16.5. The van der Waals surface area contributed by atoms with Crippen molar-refractivity contribution in [3.63, 3.8) is 0 Å². The first-order valence-electron chi connectivity index (χ1n) is 8.14. The van der Waals surface area contributed by atoms with E-state index in [0.29, 0.717) is 0 Å². The second-order valence-electron chi connectivity index (χ2n) is 6.96. The lowest BCUT2D eigenvalue weighted by atomic mass is 9.85. The third-order valence-corrected chi connectivity index (χ3v) is 4.33. The molecule has 1 aromatic carbocycles. The average Bonchev–Trinajstić information content (AvgIpc) is 2.51. The Morgan fingerprint density at radius 3 is 2.32 bits per heavy atom. The fourth-order valence-electron chi connectivity index (χ4n) is 2.88. The third kappa shape index (κ3) is 4.14. The van der Waals surface area contributed by atoms with E-state index < -0.39 is 0 Å². The Morgan fingerprint density at radius 1 is 1.09 bits per heavy atom. The molecule has 0 aromatic heterocycles. The van der Waals surface area contributed by atoms with E-state index in [-0.39, 0.29) is 5.41 Å². The maximum atomic E-state index is 5.62. The van der Waals surface area contributed by atoms with Gasteiger partial charge in [0.25, 0.3) is 0 Å². The molecular weight excluding hydrogens is 276 g/mol. The summed E-state index contributed by atoms with van der Waals surface area (Å²) in [6.07, 6.45) is 0.990. The van der Waals surface area contributed by atoms with Gasteiger partial charge in [-0.2, -0.15) is 0 Å². The van der Waals surface area contributed by atoms with Gasteiger partial charge in [0.1, 0.15) is 0 Å². The zero-order valence-electron chi connectivity index (χ0n) is 14.7. The molecule has 4 heteroatoms. The van der Waals surface area contributed by atoms with E-state index in [9.17, 15) is 0 Å². The minimum Gasteiger partial charge on any atom is -0.493 e. The topological polar surface area (TPSA) is 33.7 Å². The molecule has 0 atom stereocenters. The maximum absolute atomic E-state index is 5.62. The molecule has 1 heterocycles. The Bertz CT molecular complexity index is 489. The summed E-state index contributed by atoms with van der Waals surface area (Å²) in [5, 5.41) is 3.40. The van der Waals surface area contributed by atoms with Crippen molar-refractivity contribution in [2.24, 2.45) is 0 Å². The van der Waals surface area contributed by atoms with E-state index in [4.69, 9.17) is 9.47 Å². The normalized spacial score (nSPS) is 16.6. The molecule has 1 aromatic rings. The van der Waals surface area contributed by atoms with Crippen molar-refractivity contribution in [1.29, 1.82) is 0 Å². The molecule has 0 saturated carbocycles. The van der Waals surface area contributed by atoms with Crippen LogP contribution in [0.25, 0.3) is 0 Å². The predicted octanol–water partition coefficient (Wildman–Crippen LogP) is 2.45. The van der Waals surface area contributed by atoms with E-state index in [1.54, 1.807) is 14.2 Å². The molecule has 22 heavy (non-hydrogen) atoms. The second-order valence-corrected chi connectivity index (χ2v) is 6.96. The van der Waals surface area contributed by atoms with Crippen LogP contribution in [0.3, 0.4) is 0 Å². The van der Waals surface area contributed by atoms with Crippen LogP contribution >= 0.6 is 0 Å². The molecule has 4 nitrogen and oxygen atoms in total. The van der Waals surface area contributed by atoms with Gasteiger partial charge in [0.2, 0.25) is 0 Å². The van der Waals surface area contributed by atoms with Gasteiger partial charge < -0.3 is 19.7 Å². The van der Waals surface area contributed by atoms with Gasteiger partial charge >= 0.3 is 0 Å². The van der Waals surface area contributed by atoms with Crippen molar-refractivity contribution in [2.75, 3.05) is 46.9 Å². The van der Waals surface area contributed by atoms with Crippen LogP contribution in [0.5, 0.6) is 11.5 Å². The number of methoxy groups -OCH3 is 2. The van der Waals surface area contributed by atoms with E-state index in [0.717, 1.165) is 50.6 Å². The van der Waals surface area contributed by atoms with Crippen molar-refractivity contribution in [3.05, 3.63) is 23.3 Å². The summed E-state index contributed by atoms with van der Waals surface area (Å²) < 4.78 is 11.2. The van der Waals surface area contributed by atoms with Gasteiger partial charge in [0.05, 0.1) is 14.2 Å². The molecule has 0 radical (unpaired) electrons. The molecule has 2 rings (SSSR count). The number of ether oxygens (including phenoxy) is 2. The lowest BCUT2D eigenvalue weighted by Crippen LogP contribution is -2.44. The van der Waals surface area contributed by atoms with Crippen LogP contribution in [-0.4, -0.2) is 51.8 Å². The second kappa shape index (κ2) is 7.34. The molecule has 0 aliphatic carbocycles. The van der Waals surface area contributed by atoms with Crippen molar-refractivity contribution in [3.8, 4) is 11.5 Å². The number of nitrogens with zero attached hydrogens (tertiary/aromatic N) is 1. The van der Waals surface area contributed by atoms with E-state index in [2.05, 4.69) is 43.1 Å². The highest BCUT2D eigenvalue weighted by Crippen LogP contribution is 2.37. The lowest BCUT2D eigenvalue weighted by molar-refractivity contribution is 0.242. The maximum Gasteiger partial charge on any atom is 0.163 e. The van der Waals surface area contributed by atoms with Gasteiger partial charge in [-0.25, -0.2) is 0 Å². The molecule has 1 aliphatic heterocycles. The molecule has 124 valence electrons. The number of piperazine rings is 1. The van der Waals surface area contributed by atoms with Crippen LogP contribution in [0.4, 0.5) is 0 Å². The van der Waals surface area contributed by atoms with Gasteiger partial charge in [-0.15, -0.1) is 0 Å². The number of rotatable bonds is 5.